The lowest BCUT2D eigenvalue weighted by atomic mass is 10.2. The van der Waals surface area contributed by atoms with Crippen LogP contribution in [-0.4, -0.2) is 0 Å². The van der Waals surface area contributed by atoms with Crippen LogP contribution in [0.25, 0.3) is 0 Å². The van der Waals surface area contributed by atoms with Gasteiger partial charge in [-0.2, -0.15) is 0 Å². The van der Waals surface area contributed by atoms with Gasteiger partial charge in [0, 0.05) is 15.7 Å². The molecule has 0 aromatic heterocycles. The van der Waals surface area contributed by atoms with Crippen molar-refractivity contribution in [1.29, 1.82) is 0 Å². The van der Waals surface area contributed by atoms with Crippen molar-refractivity contribution in [2.24, 2.45) is 0 Å². The van der Waals surface area contributed by atoms with Crippen LogP contribution < -0.4 is 10.5 Å². The third kappa shape index (κ3) is 3.15. The zero-order chi connectivity index (χ0) is 13.1. The van der Waals surface area contributed by atoms with E-state index in [1.165, 1.54) is 6.07 Å². The van der Waals surface area contributed by atoms with Crippen LogP contribution in [0.15, 0.2) is 40.9 Å². The second kappa shape index (κ2) is 5.59. The van der Waals surface area contributed by atoms with Gasteiger partial charge in [-0.15, -0.1) is 0 Å². The van der Waals surface area contributed by atoms with Crippen molar-refractivity contribution in [2.45, 2.75) is 6.61 Å². The molecular weight excluding hydrogens is 321 g/mol. The zero-order valence-electron chi connectivity index (χ0n) is 9.29. The predicted octanol–water partition coefficient (Wildman–Crippen LogP) is 4.40. The SMILES string of the molecule is Nc1ccc(OCc2cc(Br)ccc2F)c(Cl)c1. The number of rotatable bonds is 3. The van der Waals surface area contributed by atoms with Crippen LogP contribution in [0, 0.1) is 5.82 Å². The number of hydrogen-bond acceptors (Lipinski definition) is 2. The van der Waals surface area contributed by atoms with E-state index in [2.05, 4.69) is 15.9 Å². The van der Waals surface area contributed by atoms with E-state index in [0.29, 0.717) is 22.0 Å². The molecule has 0 amide bonds. The highest BCUT2D eigenvalue weighted by molar-refractivity contribution is 9.10. The third-order valence-corrected chi connectivity index (χ3v) is 3.14. The van der Waals surface area contributed by atoms with Gasteiger partial charge in [0.25, 0.3) is 0 Å². The van der Waals surface area contributed by atoms with Crippen LogP contribution in [0.2, 0.25) is 5.02 Å². The molecule has 0 aliphatic heterocycles. The summed E-state index contributed by atoms with van der Waals surface area (Å²) in [4.78, 5) is 0. The highest BCUT2D eigenvalue weighted by Gasteiger charge is 2.06. The molecule has 0 bridgehead atoms. The molecule has 2 nitrogen and oxygen atoms in total. The van der Waals surface area contributed by atoms with Crippen molar-refractivity contribution < 1.29 is 9.13 Å². The van der Waals surface area contributed by atoms with Crippen LogP contribution in [0.5, 0.6) is 5.75 Å². The lowest BCUT2D eigenvalue weighted by Crippen LogP contribution is -1.99. The minimum absolute atomic E-state index is 0.106. The summed E-state index contributed by atoms with van der Waals surface area (Å²) in [6.07, 6.45) is 0. The largest absolute Gasteiger partial charge is 0.487 e. The van der Waals surface area contributed by atoms with E-state index in [-0.39, 0.29) is 12.4 Å². The van der Waals surface area contributed by atoms with Crippen LogP contribution in [0.3, 0.4) is 0 Å². The van der Waals surface area contributed by atoms with Gasteiger partial charge >= 0.3 is 0 Å². The Morgan fingerprint density at radius 3 is 2.72 bits per heavy atom. The lowest BCUT2D eigenvalue weighted by Gasteiger charge is -2.09. The zero-order valence-corrected chi connectivity index (χ0v) is 11.6. The molecular formula is C13H10BrClFNO. The summed E-state index contributed by atoms with van der Waals surface area (Å²) in [7, 11) is 0. The average Bonchev–Trinajstić information content (AvgIpc) is 2.32. The molecule has 0 spiro atoms. The van der Waals surface area contributed by atoms with E-state index in [4.69, 9.17) is 22.1 Å². The minimum atomic E-state index is -0.315. The Morgan fingerprint density at radius 1 is 1.22 bits per heavy atom. The quantitative estimate of drug-likeness (QED) is 0.846. The number of halogens is 3. The maximum Gasteiger partial charge on any atom is 0.138 e. The molecule has 94 valence electrons. The van der Waals surface area contributed by atoms with Gasteiger partial charge in [0.05, 0.1) is 5.02 Å². The monoisotopic (exact) mass is 329 g/mol. The molecule has 0 aliphatic rings. The highest BCUT2D eigenvalue weighted by atomic mass is 79.9. The Bertz CT molecular complexity index is 577. The average molecular weight is 331 g/mol. The Labute approximate surface area is 118 Å². The van der Waals surface area contributed by atoms with E-state index < -0.39 is 0 Å². The fourth-order valence-electron chi connectivity index (χ4n) is 1.44. The van der Waals surface area contributed by atoms with E-state index in [0.717, 1.165) is 4.47 Å². The summed E-state index contributed by atoms with van der Waals surface area (Å²) >= 11 is 9.24. The second-order valence-corrected chi connectivity index (χ2v) is 5.04. The summed E-state index contributed by atoms with van der Waals surface area (Å²) in [5.41, 5.74) is 6.58. The molecule has 0 heterocycles. The molecule has 0 saturated heterocycles. The Kier molecular flexibility index (Phi) is 4.09. The van der Waals surface area contributed by atoms with Gasteiger partial charge in [0.2, 0.25) is 0 Å². The molecule has 2 N–H and O–H groups in total. The van der Waals surface area contributed by atoms with Gasteiger partial charge < -0.3 is 10.5 Å². The van der Waals surface area contributed by atoms with Crippen LogP contribution in [0.1, 0.15) is 5.56 Å². The standard InChI is InChI=1S/C13H10BrClFNO/c14-9-1-3-12(16)8(5-9)7-18-13-4-2-10(17)6-11(13)15/h1-6H,7,17H2. The summed E-state index contributed by atoms with van der Waals surface area (Å²) < 4.78 is 19.7. The summed E-state index contributed by atoms with van der Waals surface area (Å²) in [6, 6.07) is 9.61. The third-order valence-electron chi connectivity index (χ3n) is 2.35. The normalized spacial score (nSPS) is 10.4. The van der Waals surface area contributed by atoms with Gasteiger partial charge in [0.1, 0.15) is 18.2 Å². The number of anilines is 1. The lowest BCUT2D eigenvalue weighted by molar-refractivity contribution is 0.300. The fraction of sp³-hybridized carbons (Fsp3) is 0.0769. The van der Waals surface area contributed by atoms with Gasteiger partial charge in [-0.25, -0.2) is 4.39 Å². The molecule has 2 aromatic rings. The highest BCUT2D eigenvalue weighted by Crippen LogP contribution is 2.27. The second-order valence-electron chi connectivity index (χ2n) is 3.71. The molecule has 0 radical (unpaired) electrons. The van der Waals surface area contributed by atoms with Crippen molar-refractivity contribution >= 4 is 33.2 Å². The molecule has 2 rings (SSSR count). The topological polar surface area (TPSA) is 35.2 Å². The molecule has 0 aliphatic carbocycles. The predicted molar refractivity (Wildman–Crippen MR) is 74.3 cm³/mol. The maximum absolute atomic E-state index is 13.5. The van der Waals surface area contributed by atoms with E-state index in [1.807, 2.05) is 0 Å². The maximum atomic E-state index is 13.5. The fourth-order valence-corrected chi connectivity index (χ4v) is 2.10. The molecule has 0 unspecified atom stereocenters. The number of hydrogen-bond donors (Lipinski definition) is 1. The van der Waals surface area contributed by atoms with Gasteiger partial charge in [-0.05, 0) is 36.4 Å². The Balaban J connectivity index is 2.13. The van der Waals surface area contributed by atoms with Crippen molar-refractivity contribution in [2.75, 3.05) is 5.73 Å². The Hall–Kier alpha value is -1.26. The number of nitrogens with two attached hydrogens (primary N) is 1. The van der Waals surface area contributed by atoms with E-state index in [9.17, 15) is 4.39 Å². The van der Waals surface area contributed by atoms with Crippen molar-refractivity contribution in [3.63, 3.8) is 0 Å². The molecule has 0 saturated carbocycles. The van der Waals surface area contributed by atoms with Crippen molar-refractivity contribution in [3.8, 4) is 5.75 Å². The summed E-state index contributed by atoms with van der Waals surface area (Å²) in [6.45, 7) is 0.106. The Morgan fingerprint density at radius 2 is 2.00 bits per heavy atom. The first-order valence-electron chi connectivity index (χ1n) is 5.18. The van der Waals surface area contributed by atoms with E-state index in [1.54, 1.807) is 30.3 Å². The van der Waals surface area contributed by atoms with Gasteiger partial charge in [-0.1, -0.05) is 27.5 Å². The van der Waals surface area contributed by atoms with E-state index >= 15 is 0 Å². The van der Waals surface area contributed by atoms with Crippen molar-refractivity contribution in [3.05, 3.63) is 57.3 Å². The molecule has 5 heteroatoms. The van der Waals surface area contributed by atoms with Crippen LogP contribution >= 0.6 is 27.5 Å². The minimum Gasteiger partial charge on any atom is -0.487 e. The number of nitrogen functional groups attached to an aromatic ring is 1. The first kappa shape index (κ1) is 13.2. The van der Waals surface area contributed by atoms with Crippen LogP contribution in [-0.2, 0) is 6.61 Å². The summed E-state index contributed by atoms with van der Waals surface area (Å²) in [5.74, 6) is 0.162. The number of benzene rings is 2. The van der Waals surface area contributed by atoms with Crippen LogP contribution in [0.4, 0.5) is 10.1 Å². The smallest absolute Gasteiger partial charge is 0.138 e. The first-order valence-corrected chi connectivity index (χ1v) is 6.35. The molecule has 2 aromatic carbocycles. The summed E-state index contributed by atoms with van der Waals surface area (Å²) in [5, 5.41) is 0.408. The molecule has 18 heavy (non-hydrogen) atoms. The molecule has 0 fully saturated rings. The van der Waals surface area contributed by atoms with Crippen molar-refractivity contribution in [1.82, 2.24) is 0 Å². The first-order chi connectivity index (χ1) is 8.56. The van der Waals surface area contributed by atoms with Gasteiger partial charge in [0.15, 0.2) is 0 Å². The van der Waals surface area contributed by atoms with Gasteiger partial charge in [-0.3, -0.25) is 0 Å². The number of ether oxygens (including phenoxy) is 1. The molecule has 0 atom stereocenters.